The van der Waals surface area contributed by atoms with Crippen LogP contribution in [-0.4, -0.2) is 12.6 Å². The van der Waals surface area contributed by atoms with Crippen molar-refractivity contribution in [2.75, 3.05) is 6.54 Å². The third-order valence-electron chi connectivity index (χ3n) is 2.00. The molecule has 14 heavy (non-hydrogen) atoms. The number of hydrogen-bond donors (Lipinski definition) is 1. The molecule has 1 nitrogen and oxygen atoms in total. The quantitative estimate of drug-likeness (QED) is 0.802. The Morgan fingerprint density at radius 1 is 1.43 bits per heavy atom. The van der Waals surface area contributed by atoms with Crippen LogP contribution in [0.15, 0.2) is 30.3 Å². The van der Waals surface area contributed by atoms with E-state index in [-0.39, 0.29) is 0 Å². The van der Waals surface area contributed by atoms with Crippen molar-refractivity contribution in [1.29, 1.82) is 0 Å². The van der Waals surface area contributed by atoms with Crippen molar-refractivity contribution in [3.63, 3.8) is 0 Å². The SMILES string of the molecule is CCNC(C)/C=C/c1ccccc1Cl. The van der Waals surface area contributed by atoms with E-state index in [1.807, 2.05) is 24.3 Å². The summed E-state index contributed by atoms with van der Waals surface area (Å²) in [4.78, 5) is 0. The minimum Gasteiger partial charge on any atom is -0.311 e. The first-order valence-electron chi connectivity index (χ1n) is 4.90. The number of hydrogen-bond acceptors (Lipinski definition) is 1. The zero-order valence-electron chi connectivity index (χ0n) is 8.63. The zero-order chi connectivity index (χ0) is 10.4. The molecule has 0 spiro atoms. The van der Waals surface area contributed by atoms with E-state index in [4.69, 9.17) is 11.6 Å². The van der Waals surface area contributed by atoms with Gasteiger partial charge in [-0.25, -0.2) is 0 Å². The molecule has 1 unspecified atom stereocenters. The molecular weight excluding hydrogens is 194 g/mol. The fraction of sp³-hybridized carbons (Fsp3) is 0.333. The first-order chi connectivity index (χ1) is 6.74. The van der Waals surface area contributed by atoms with E-state index in [2.05, 4.69) is 31.3 Å². The van der Waals surface area contributed by atoms with Crippen molar-refractivity contribution in [2.45, 2.75) is 19.9 Å². The Morgan fingerprint density at radius 2 is 2.14 bits per heavy atom. The summed E-state index contributed by atoms with van der Waals surface area (Å²) in [6.45, 7) is 5.20. The van der Waals surface area contributed by atoms with Crippen molar-refractivity contribution in [1.82, 2.24) is 5.32 Å². The van der Waals surface area contributed by atoms with Crippen molar-refractivity contribution in [2.24, 2.45) is 0 Å². The molecule has 1 N–H and O–H groups in total. The molecule has 0 heterocycles. The Labute approximate surface area is 90.8 Å². The molecular formula is C12H16ClN. The minimum atomic E-state index is 0.385. The van der Waals surface area contributed by atoms with Crippen LogP contribution in [0.25, 0.3) is 6.08 Å². The number of halogens is 1. The molecule has 0 aromatic heterocycles. The minimum absolute atomic E-state index is 0.385. The van der Waals surface area contributed by atoms with Gasteiger partial charge >= 0.3 is 0 Å². The van der Waals surface area contributed by atoms with E-state index in [1.165, 1.54) is 0 Å². The fourth-order valence-corrected chi connectivity index (χ4v) is 1.45. The summed E-state index contributed by atoms with van der Waals surface area (Å²) in [6, 6.07) is 8.23. The highest BCUT2D eigenvalue weighted by molar-refractivity contribution is 6.32. The Hall–Kier alpha value is -0.790. The maximum atomic E-state index is 6.01. The highest BCUT2D eigenvalue weighted by Crippen LogP contribution is 2.16. The molecule has 0 saturated carbocycles. The Balaban J connectivity index is 2.64. The van der Waals surface area contributed by atoms with Gasteiger partial charge in [0.2, 0.25) is 0 Å². The van der Waals surface area contributed by atoms with Gasteiger partial charge in [0.05, 0.1) is 0 Å². The molecule has 0 saturated heterocycles. The van der Waals surface area contributed by atoms with Gasteiger partial charge < -0.3 is 5.32 Å². The molecule has 0 bridgehead atoms. The predicted octanol–water partition coefficient (Wildman–Crippen LogP) is 3.35. The Bertz CT molecular complexity index is 307. The van der Waals surface area contributed by atoms with Crippen LogP contribution < -0.4 is 5.32 Å². The molecule has 1 atom stereocenters. The van der Waals surface area contributed by atoms with Gasteiger partial charge in [-0.2, -0.15) is 0 Å². The van der Waals surface area contributed by atoms with Crippen LogP contribution in [0.5, 0.6) is 0 Å². The van der Waals surface area contributed by atoms with E-state index >= 15 is 0 Å². The standard InChI is InChI=1S/C12H16ClN/c1-3-14-10(2)8-9-11-6-4-5-7-12(11)13/h4-10,14H,3H2,1-2H3/b9-8+. The second-order valence-corrected chi connectivity index (χ2v) is 3.63. The maximum absolute atomic E-state index is 6.01. The van der Waals surface area contributed by atoms with Crippen molar-refractivity contribution in [3.8, 4) is 0 Å². The molecule has 1 aromatic carbocycles. The molecule has 0 aliphatic carbocycles. The second-order valence-electron chi connectivity index (χ2n) is 3.23. The summed E-state index contributed by atoms with van der Waals surface area (Å²) in [5.74, 6) is 0. The van der Waals surface area contributed by atoms with Crippen LogP contribution in [0.4, 0.5) is 0 Å². The third-order valence-corrected chi connectivity index (χ3v) is 2.34. The Morgan fingerprint density at radius 3 is 2.79 bits per heavy atom. The normalized spacial score (nSPS) is 13.4. The molecule has 0 amide bonds. The summed E-state index contributed by atoms with van der Waals surface area (Å²) in [6.07, 6.45) is 4.17. The lowest BCUT2D eigenvalue weighted by Crippen LogP contribution is -2.22. The van der Waals surface area contributed by atoms with Crippen molar-refractivity contribution >= 4 is 17.7 Å². The third kappa shape index (κ3) is 3.52. The van der Waals surface area contributed by atoms with Crippen LogP contribution in [0, 0.1) is 0 Å². The van der Waals surface area contributed by atoms with Crippen LogP contribution in [0.2, 0.25) is 5.02 Å². The fourth-order valence-electron chi connectivity index (χ4n) is 1.25. The highest BCUT2D eigenvalue weighted by atomic mass is 35.5. The number of likely N-dealkylation sites (N-methyl/N-ethyl adjacent to an activating group) is 1. The summed E-state index contributed by atoms with van der Waals surface area (Å²) in [7, 11) is 0. The zero-order valence-corrected chi connectivity index (χ0v) is 9.38. The van der Waals surface area contributed by atoms with Crippen LogP contribution in [-0.2, 0) is 0 Å². The molecule has 0 aliphatic heterocycles. The van der Waals surface area contributed by atoms with Crippen LogP contribution in [0.3, 0.4) is 0 Å². The molecule has 1 aromatic rings. The van der Waals surface area contributed by atoms with Crippen molar-refractivity contribution < 1.29 is 0 Å². The smallest absolute Gasteiger partial charge is 0.0478 e. The monoisotopic (exact) mass is 209 g/mol. The highest BCUT2D eigenvalue weighted by Gasteiger charge is 1.95. The molecule has 1 rings (SSSR count). The maximum Gasteiger partial charge on any atom is 0.0478 e. The van der Waals surface area contributed by atoms with Gasteiger partial charge in [-0.15, -0.1) is 0 Å². The predicted molar refractivity (Wildman–Crippen MR) is 63.6 cm³/mol. The summed E-state index contributed by atoms with van der Waals surface area (Å²) >= 11 is 6.01. The van der Waals surface area contributed by atoms with Gasteiger partial charge in [-0.1, -0.05) is 48.9 Å². The average Bonchev–Trinajstić information content (AvgIpc) is 2.17. The number of rotatable bonds is 4. The first-order valence-corrected chi connectivity index (χ1v) is 5.28. The van der Waals surface area contributed by atoms with E-state index in [1.54, 1.807) is 0 Å². The van der Waals surface area contributed by atoms with Crippen LogP contribution in [0.1, 0.15) is 19.4 Å². The second kappa shape index (κ2) is 5.84. The summed E-state index contributed by atoms with van der Waals surface area (Å²) < 4.78 is 0. The van der Waals surface area contributed by atoms with Gasteiger partial charge in [-0.3, -0.25) is 0 Å². The van der Waals surface area contributed by atoms with Gasteiger partial charge in [0.15, 0.2) is 0 Å². The van der Waals surface area contributed by atoms with Gasteiger partial charge in [0, 0.05) is 11.1 Å². The number of benzene rings is 1. The average molecular weight is 210 g/mol. The summed E-state index contributed by atoms with van der Waals surface area (Å²) in [5.41, 5.74) is 1.07. The van der Waals surface area contributed by atoms with Crippen molar-refractivity contribution in [3.05, 3.63) is 40.9 Å². The van der Waals surface area contributed by atoms with Crippen LogP contribution >= 0.6 is 11.6 Å². The van der Waals surface area contributed by atoms with Gasteiger partial charge in [0.1, 0.15) is 0 Å². The van der Waals surface area contributed by atoms with E-state index in [0.29, 0.717) is 6.04 Å². The molecule has 0 fully saturated rings. The molecule has 0 radical (unpaired) electrons. The molecule has 0 aliphatic rings. The van der Waals surface area contributed by atoms with Gasteiger partial charge in [0.25, 0.3) is 0 Å². The lowest BCUT2D eigenvalue weighted by Gasteiger charge is -2.05. The lowest BCUT2D eigenvalue weighted by molar-refractivity contribution is 0.663. The number of nitrogens with one attached hydrogen (secondary N) is 1. The first kappa shape index (κ1) is 11.3. The largest absolute Gasteiger partial charge is 0.311 e. The lowest BCUT2D eigenvalue weighted by atomic mass is 10.2. The molecule has 2 heteroatoms. The topological polar surface area (TPSA) is 12.0 Å². The van der Waals surface area contributed by atoms with E-state index < -0.39 is 0 Å². The van der Waals surface area contributed by atoms with Gasteiger partial charge in [-0.05, 0) is 25.1 Å². The van der Waals surface area contributed by atoms with E-state index in [9.17, 15) is 0 Å². The van der Waals surface area contributed by atoms with E-state index in [0.717, 1.165) is 17.1 Å². The Kier molecular flexibility index (Phi) is 4.71. The summed E-state index contributed by atoms with van der Waals surface area (Å²) in [5, 5.41) is 4.10. The molecule has 76 valence electrons.